The van der Waals surface area contributed by atoms with E-state index in [2.05, 4.69) is 23.3 Å². The molecule has 1 N–H and O–H groups in total. The van der Waals surface area contributed by atoms with Crippen LogP contribution in [0.3, 0.4) is 0 Å². The molecule has 106 valence electrons. The predicted octanol–water partition coefficient (Wildman–Crippen LogP) is 1.70. The van der Waals surface area contributed by atoms with Gasteiger partial charge in [0.15, 0.2) is 9.84 Å². The third-order valence-corrected chi connectivity index (χ3v) is 5.56. The third-order valence-electron chi connectivity index (χ3n) is 3.90. The van der Waals surface area contributed by atoms with Crippen LogP contribution in [0, 0.1) is 0 Å². The summed E-state index contributed by atoms with van der Waals surface area (Å²) >= 11 is 0. The van der Waals surface area contributed by atoms with Crippen molar-refractivity contribution in [3.8, 4) is 0 Å². The fourth-order valence-electron chi connectivity index (χ4n) is 2.85. The van der Waals surface area contributed by atoms with E-state index in [1.54, 1.807) is 6.20 Å². The molecule has 0 amide bonds. The molecule has 4 nitrogen and oxygen atoms in total. The molecule has 0 aromatic carbocycles. The van der Waals surface area contributed by atoms with Gasteiger partial charge in [-0.05, 0) is 30.9 Å². The second kappa shape index (κ2) is 6.01. The van der Waals surface area contributed by atoms with Crippen molar-refractivity contribution in [2.45, 2.75) is 50.4 Å². The van der Waals surface area contributed by atoms with Gasteiger partial charge in [0, 0.05) is 25.0 Å². The number of hydrogen-bond acceptors (Lipinski definition) is 4. The Kier molecular flexibility index (Phi) is 4.58. The number of aryl methyl sites for hydroxylation is 1. The maximum atomic E-state index is 11.7. The Morgan fingerprint density at radius 2 is 2.21 bits per heavy atom. The van der Waals surface area contributed by atoms with E-state index in [4.69, 9.17) is 0 Å². The normalized spacial score (nSPS) is 23.7. The molecule has 5 heteroatoms. The van der Waals surface area contributed by atoms with Gasteiger partial charge in [-0.25, -0.2) is 8.42 Å². The Bertz CT molecular complexity index is 528. The summed E-state index contributed by atoms with van der Waals surface area (Å²) in [7, 11) is -2.95. The van der Waals surface area contributed by atoms with E-state index in [1.165, 1.54) is 11.8 Å². The van der Waals surface area contributed by atoms with Gasteiger partial charge in [-0.3, -0.25) is 4.98 Å². The van der Waals surface area contributed by atoms with Crippen LogP contribution >= 0.6 is 0 Å². The Morgan fingerprint density at radius 3 is 2.89 bits per heavy atom. The van der Waals surface area contributed by atoms with Crippen molar-refractivity contribution in [3.63, 3.8) is 0 Å². The molecule has 0 spiro atoms. The zero-order valence-corrected chi connectivity index (χ0v) is 12.4. The molecule has 1 aliphatic carbocycles. The summed E-state index contributed by atoms with van der Waals surface area (Å²) in [6.07, 6.45) is 6.78. The maximum absolute atomic E-state index is 11.7. The number of nitrogens with zero attached hydrogens (tertiary/aromatic N) is 1. The summed E-state index contributed by atoms with van der Waals surface area (Å²) in [4.78, 5) is 4.39. The molecule has 1 saturated carbocycles. The molecule has 1 fully saturated rings. The SMILES string of the molecule is CCc1cccnc1CNC1CCCC1S(C)(=O)=O. The molecule has 1 aliphatic rings. The molecule has 2 unspecified atom stereocenters. The highest BCUT2D eigenvalue weighted by molar-refractivity contribution is 7.91. The predicted molar refractivity (Wildman–Crippen MR) is 76.7 cm³/mol. The molecular formula is C14H22N2O2S. The molecule has 0 aliphatic heterocycles. The number of hydrogen-bond donors (Lipinski definition) is 1. The van der Waals surface area contributed by atoms with Gasteiger partial charge >= 0.3 is 0 Å². The standard InChI is InChI=1S/C14H22N2O2S/c1-3-11-6-5-9-15-13(11)10-16-12-7-4-8-14(12)19(2,17)18/h5-6,9,12,14,16H,3-4,7-8,10H2,1-2H3. The summed E-state index contributed by atoms with van der Waals surface area (Å²) in [6, 6.07) is 4.09. The first-order valence-electron chi connectivity index (χ1n) is 6.87. The van der Waals surface area contributed by atoms with Gasteiger partial charge in [-0.15, -0.1) is 0 Å². The van der Waals surface area contributed by atoms with E-state index < -0.39 is 9.84 Å². The lowest BCUT2D eigenvalue weighted by Gasteiger charge is -2.20. The van der Waals surface area contributed by atoms with Crippen LogP contribution in [0.2, 0.25) is 0 Å². The maximum Gasteiger partial charge on any atom is 0.151 e. The first kappa shape index (κ1) is 14.5. The molecule has 2 rings (SSSR count). The third kappa shape index (κ3) is 3.54. The number of aromatic nitrogens is 1. The zero-order chi connectivity index (χ0) is 13.9. The average molecular weight is 282 g/mol. The van der Waals surface area contributed by atoms with Crippen molar-refractivity contribution in [1.29, 1.82) is 0 Å². The summed E-state index contributed by atoms with van der Waals surface area (Å²) < 4.78 is 23.4. The lowest BCUT2D eigenvalue weighted by atomic mass is 10.1. The van der Waals surface area contributed by atoms with Crippen LogP contribution in [0.5, 0.6) is 0 Å². The van der Waals surface area contributed by atoms with E-state index in [-0.39, 0.29) is 11.3 Å². The molecule has 1 aromatic rings. The van der Waals surface area contributed by atoms with Gasteiger partial charge in [-0.1, -0.05) is 19.4 Å². The fourth-order valence-corrected chi connectivity index (χ4v) is 4.28. The summed E-state index contributed by atoms with van der Waals surface area (Å²) in [6.45, 7) is 2.76. The van der Waals surface area contributed by atoms with Crippen LogP contribution in [-0.4, -0.2) is 30.9 Å². The highest BCUT2D eigenvalue weighted by atomic mass is 32.2. The first-order chi connectivity index (χ1) is 9.02. The lowest BCUT2D eigenvalue weighted by Crippen LogP contribution is -2.39. The van der Waals surface area contributed by atoms with Crippen molar-refractivity contribution >= 4 is 9.84 Å². The molecule has 0 bridgehead atoms. The highest BCUT2D eigenvalue weighted by Gasteiger charge is 2.34. The van der Waals surface area contributed by atoms with Gasteiger partial charge in [0.2, 0.25) is 0 Å². The largest absolute Gasteiger partial charge is 0.307 e. The van der Waals surface area contributed by atoms with Gasteiger partial charge in [0.05, 0.1) is 10.9 Å². The second-order valence-electron chi connectivity index (χ2n) is 5.25. The van der Waals surface area contributed by atoms with Crippen LogP contribution in [0.4, 0.5) is 0 Å². The van der Waals surface area contributed by atoms with E-state index in [0.717, 1.165) is 31.4 Å². The minimum atomic E-state index is -2.95. The second-order valence-corrected chi connectivity index (χ2v) is 7.51. The van der Waals surface area contributed by atoms with Gasteiger partial charge in [0.25, 0.3) is 0 Å². The zero-order valence-electron chi connectivity index (χ0n) is 11.6. The average Bonchev–Trinajstić information content (AvgIpc) is 2.85. The van der Waals surface area contributed by atoms with Gasteiger partial charge in [0.1, 0.15) is 0 Å². The van der Waals surface area contributed by atoms with Crippen molar-refractivity contribution in [2.24, 2.45) is 0 Å². The smallest absolute Gasteiger partial charge is 0.151 e. The van der Waals surface area contributed by atoms with E-state index in [0.29, 0.717) is 6.54 Å². The topological polar surface area (TPSA) is 59.1 Å². The minimum absolute atomic E-state index is 0.0710. The van der Waals surface area contributed by atoms with Crippen molar-refractivity contribution < 1.29 is 8.42 Å². The highest BCUT2D eigenvalue weighted by Crippen LogP contribution is 2.25. The number of sulfone groups is 1. The van der Waals surface area contributed by atoms with E-state index >= 15 is 0 Å². The quantitative estimate of drug-likeness (QED) is 0.893. The fraction of sp³-hybridized carbons (Fsp3) is 0.643. The van der Waals surface area contributed by atoms with Crippen LogP contribution in [-0.2, 0) is 22.8 Å². The molecular weight excluding hydrogens is 260 g/mol. The Hall–Kier alpha value is -0.940. The number of nitrogens with one attached hydrogen (secondary N) is 1. The van der Waals surface area contributed by atoms with Crippen molar-refractivity contribution in [1.82, 2.24) is 10.3 Å². The number of pyridine rings is 1. The molecule has 1 aromatic heterocycles. The molecule has 19 heavy (non-hydrogen) atoms. The Labute approximate surface area is 115 Å². The lowest BCUT2D eigenvalue weighted by molar-refractivity contribution is 0.502. The first-order valence-corrected chi connectivity index (χ1v) is 8.83. The minimum Gasteiger partial charge on any atom is -0.307 e. The molecule has 0 saturated heterocycles. The number of rotatable bonds is 5. The van der Waals surface area contributed by atoms with E-state index in [9.17, 15) is 8.42 Å². The summed E-state index contributed by atoms with van der Waals surface area (Å²) in [5.41, 5.74) is 2.26. The van der Waals surface area contributed by atoms with Crippen LogP contribution < -0.4 is 5.32 Å². The molecule has 0 radical (unpaired) electrons. The Balaban J connectivity index is 2.02. The van der Waals surface area contributed by atoms with E-state index in [1.807, 2.05) is 6.07 Å². The monoisotopic (exact) mass is 282 g/mol. The summed E-state index contributed by atoms with van der Waals surface area (Å²) in [5, 5.41) is 3.15. The van der Waals surface area contributed by atoms with Crippen LogP contribution in [0.25, 0.3) is 0 Å². The molecule has 2 atom stereocenters. The van der Waals surface area contributed by atoms with Gasteiger partial charge < -0.3 is 5.32 Å². The summed E-state index contributed by atoms with van der Waals surface area (Å²) in [5.74, 6) is 0. The van der Waals surface area contributed by atoms with Crippen molar-refractivity contribution in [3.05, 3.63) is 29.6 Å². The van der Waals surface area contributed by atoms with Crippen molar-refractivity contribution in [2.75, 3.05) is 6.26 Å². The Morgan fingerprint density at radius 1 is 1.42 bits per heavy atom. The molecule has 1 heterocycles. The van der Waals surface area contributed by atoms with Crippen LogP contribution in [0.15, 0.2) is 18.3 Å². The van der Waals surface area contributed by atoms with Gasteiger partial charge in [-0.2, -0.15) is 0 Å². The van der Waals surface area contributed by atoms with Crippen LogP contribution in [0.1, 0.15) is 37.4 Å².